The third kappa shape index (κ3) is 4.49. The fraction of sp³-hybridized carbons (Fsp3) is 0.667. The number of hydrogen-bond donors (Lipinski definition) is 2. The SMILES string of the molecule is Cc1cc(NC(=O)CN2CCCCC2CN)on1.Cl. The van der Waals surface area contributed by atoms with Gasteiger partial charge in [-0.25, -0.2) is 0 Å². The number of aryl methyl sites for hydroxylation is 1. The second-order valence-corrected chi connectivity index (χ2v) is 4.74. The number of amides is 1. The Kier molecular flexibility index (Phi) is 6.27. The number of nitrogens with one attached hydrogen (secondary N) is 1. The van der Waals surface area contributed by atoms with E-state index in [1.54, 1.807) is 6.07 Å². The first-order valence-corrected chi connectivity index (χ1v) is 6.36. The van der Waals surface area contributed by atoms with Gasteiger partial charge < -0.3 is 10.3 Å². The van der Waals surface area contributed by atoms with E-state index >= 15 is 0 Å². The zero-order valence-corrected chi connectivity index (χ0v) is 11.9. The number of halogens is 1. The first kappa shape index (κ1) is 15.9. The van der Waals surface area contributed by atoms with Crippen LogP contribution in [-0.2, 0) is 4.79 Å². The molecule has 1 fully saturated rings. The standard InChI is InChI=1S/C12H20N4O2.ClH/c1-9-6-12(18-15-9)14-11(17)8-16-5-3-2-4-10(16)7-13;/h6,10H,2-5,7-8,13H2,1H3,(H,14,17);1H. The van der Waals surface area contributed by atoms with Crippen molar-refractivity contribution in [3.8, 4) is 0 Å². The fourth-order valence-corrected chi connectivity index (χ4v) is 2.32. The molecular weight excluding hydrogens is 268 g/mol. The van der Waals surface area contributed by atoms with E-state index in [-0.39, 0.29) is 18.3 Å². The molecule has 0 aromatic carbocycles. The molecule has 0 aliphatic carbocycles. The third-order valence-corrected chi connectivity index (χ3v) is 3.26. The molecule has 108 valence electrons. The molecule has 1 aliphatic rings. The topological polar surface area (TPSA) is 84.4 Å². The fourth-order valence-electron chi connectivity index (χ4n) is 2.32. The number of nitrogens with two attached hydrogens (primary N) is 1. The summed E-state index contributed by atoms with van der Waals surface area (Å²) in [5, 5.41) is 6.43. The minimum absolute atomic E-state index is 0. The van der Waals surface area contributed by atoms with Crippen LogP contribution in [0.4, 0.5) is 5.88 Å². The molecule has 0 radical (unpaired) electrons. The van der Waals surface area contributed by atoms with E-state index in [1.807, 2.05) is 6.92 Å². The Morgan fingerprint density at radius 2 is 2.42 bits per heavy atom. The van der Waals surface area contributed by atoms with Crippen LogP contribution in [0, 0.1) is 6.92 Å². The second kappa shape index (κ2) is 7.47. The summed E-state index contributed by atoms with van der Waals surface area (Å²) in [7, 11) is 0. The maximum absolute atomic E-state index is 11.9. The molecule has 1 aliphatic heterocycles. The van der Waals surface area contributed by atoms with Gasteiger partial charge in [-0.05, 0) is 26.3 Å². The monoisotopic (exact) mass is 288 g/mol. The van der Waals surface area contributed by atoms with Crippen LogP contribution in [0.25, 0.3) is 0 Å². The number of carbonyl (C=O) groups excluding carboxylic acids is 1. The predicted octanol–water partition coefficient (Wildman–Crippen LogP) is 1.16. The average Bonchev–Trinajstić information content (AvgIpc) is 2.75. The summed E-state index contributed by atoms with van der Waals surface area (Å²) in [6, 6.07) is 2.02. The number of anilines is 1. The van der Waals surface area contributed by atoms with Crippen LogP contribution >= 0.6 is 12.4 Å². The molecular formula is C12H21ClN4O2. The number of piperidine rings is 1. The number of carbonyl (C=O) groups is 1. The lowest BCUT2D eigenvalue weighted by molar-refractivity contribution is -0.118. The molecule has 2 rings (SSSR count). The molecule has 3 N–H and O–H groups in total. The Bertz CT molecular complexity index is 410. The van der Waals surface area contributed by atoms with E-state index in [0.29, 0.717) is 25.0 Å². The molecule has 0 saturated carbocycles. The maximum Gasteiger partial charge on any atom is 0.240 e. The highest BCUT2D eigenvalue weighted by Gasteiger charge is 2.23. The van der Waals surface area contributed by atoms with Gasteiger partial charge >= 0.3 is 0 Å². The van der Waals surface area contributed by atoms with Gasteiger partial charge in [0, 0.05) is 18.7 Å². The molecule has 6 nitrogen and oxygen atoms in total. The molecule has 7 heteroatoms. The minimum Gasteiger partial charge on any atom is -0.338 e. The third-order valence-electron chi connectivity index (χ3n) is 3.26. The summed E-state index contributed by atoms with van der Waals surface area (Å²) in [5.41, 5.74) is 6.48. The van der Waals surface area contributed by atoms with E-state index in [4.69, 9.17) is 10.3 Å². The average molecular weight is 289 g/mol. The van der Waals surface area contributed by atoms with Crippen molar-refractivity contribution in [1.82, 2.24) is 10.1 Å². The van der Waals surface area contributed by atoms with Crippen LogP contribution in [0.2, 0.25) is 0 Å². The van der Waals surface area contributed by atoms with Crippen LogP contribution in [0.15, 0.2) is 10.6 Å². The molecule has 1 atom stereocenters. The first-order chi connectivity index (χ1) is 8.69. The van der Waals surface area contributed by atoms with Gasteiger partial charge in [0.05, 0.1) is 12.2 Å². The molecule has 0 bridgehead atoms. The summed E-state index contributed by atoms with van der Waals surface area (Å²) in [6.07, 6.45) is 3.40. The van der Waals surface area contributed by atoms with E-state index < -0.39 is 0 Å². The lowest BCUT2D eigenvalue weighted by Crippen LogP contribution is -2.47. The lowest BCUT2D eigenvalue weighted by atomic mass is 10.0. The molecule has 0 spiro atoms. The summed E-state index contributed by atoms with van der Waals surface area (Å²) >= 11 is 0. The van der Waals surface area contributed by atoms with Crippen LogP contribution in [0.3, 0.4) is 0 Å². The molecule has 1 saturated heterocycles. The molecule has 1 amide bonds. The van der Waals surface area contributed by atoms with Gasteiger partial charge in [-0.3, -0.25) is 15.0 Å². The minimum atomic E-state index is -0.0773. The number of rotatable bonds is 4. The van der Waals surface area contributed by atoms with Gasteiger partial charge in [-0.15, -0.1) is 12.4 Å². The Labute approximate surface area is 119 Å². The highest BCUT2D eigenvalue weighted by atomic mass is 35.5. The quantitative estimate of drug-likeness (QED) is 0.868. The zero-order valence-electron chi connectivity index (χ0n) is 11.1. The molecule has 1 unspecified atom stereocenters. The van der Waals surface area contributed by atoms with Crippen molar-refractivity contribution < 1.29 is 9.32 Å². The van der Waals surface area contributed by atoms with Crippen molar-refractivity contribution >= 4 is 24.2 Å². The van der Waals surface area contributed by atoms with E-state index in [0.717, 1.165) is 25.1 Å². The van der Waals surface area contributed by atoms with Gasteiger partial charge in [0.25, 0.3) is 0 Å². The van der Waals surface area contributed by atoms with E-state index in [2.05, 4.69) is 15.4 Å². The van der Waals surface area contributed by atoms with Crippen molar-refractivity contribution in [1.29, 1.82) is 0 Å². The van der Waals surface area contributed by atoms with Gasteiger partial charge in [0.2, 0.25) is 11.8 Å². The van der Waals surface area contributed by atoms with Crippen LogP contribution < -0.4 is 11.1 Å². The zero-order chi connectivity index (χ0) is 13.0. The Morgan fingerprint density at radius 3 is 3.05 bits per heavy atom. The molecule has 19 heavy (non-hydrogen) atoms. The number of nitrogens with zero attached hydrogens (tertiary/aromatic N) is 2. The Balaban J connectivity index is 0.00000180. The van der Waals surface area contributed by atoms with Gasteiger partial charge in [-0.2, -0.15) is 0 Å². The van der Waals surface area contributed by atoms with Crippen molar-refractivity contribution in [2.45, 2.75) is 32.2 Å². The number of hydrogen-bond acceptors (Lipinski definition) is 5. The summed E-state index contributed by atoms with van der Waals surface area (Å²) in [5.74, 6) is 0.324. The highest BCUT2D eigenvalue weighted by Crippen LogP contribution is 2.16. The first-order valence-electron chi connectivity index (χ1n) is 6.36. The Hall–Kier alpha value is -1.11. The molecule has 1 aromatic heterocycles. The van der Waals surface area contributed by atoms with Gasteiger partial charge in [-0.1, -0.05) is 11.6 Å². The van der Waals surface area contributed by atoms with Gasteiger partial charge in [0.1, 0.15) is 0 Å². The van der Waals surface area contributed by atoms with Crippen molar-refractivity contribution in [2.24, 2.45) is 5.73 Å². The largest absolute Gasteiger partial charge is 0.338 e. The van der Waals surface area contributed by atoms with Crippen LogP contribution in [-0.4, -0.2) is 41.6 Å². The summed E-state index contributed by atoms with van der Waals surface area (Å²) < 4.78 is 4.95. The van der Waals surface area contributed by atoms with E-state index in [1.165, 1.54) is 6.42 Å². The lowest BCUT2D eigenvalue weighted by Gasteiger charge is -2.34. The molecule has 1 aromatic rings. The maximum atomic E-state index is 11.9. The number of aromatic nitrogens is 1. The van der Waals surface area contributed by atoms with Crippen LogP contribution in [0.5, 0.6) is 0 Å². The highest BCUT2D eigenvalue weighted by molar-refractivity contribution is 5.91. The van der Waals surface area contributed by atoms with Crippen molar-refractivity contribution in [3.63, 3.8) is 0 Å². The van der Waals surface area contributed by atoms with E-state index in [9.17, 15) is 4.79 Å². The second-order valence-electron chi connectivity index (χ2n) is 4.74. The van der Waals surface area contributed by atoms with Crippen molar-refractivity contribution in [2.75, 3.05) is 25.0 Å². The van der Waals surface area contributed by atoms with Gasteiger partial charge in [0.15, 0.2) is 0 Å². The Morgan fingerprint density at radius 1 is 1.63 bits per heavy atom. The normalized spacial score (nSPS) is 19.8. The van der Waals surface area contributed by atoms with Crippen LogP contribution in [0.1, 0.15) is 25.0 Å². The number of likely N-dealkylation sites (tertiary alicyclic amines) is 1. The summed E-state index contributed by atoms with van der Waals surface area (Å²) in [6.45, 7) is 3.72. The summed E-state index contributed by atoms with van der Waals surface area (Å²) in [4.78, 5) is 14.0. The van der Waals surface area contributed by atoms with Crippen molar-refractivity contribution in [3.05, 3.63) is 11.8 Å². The molecule has 2 heterocycles. The smallest absolute Gasteiger partial charge is 0.240 e. The predicted molar refractivity (Wildman–Crippen MR) is 75.4 cm³/mol.